The predicted octanol–water partition coefficient (Wildman–Crippen LogP) is -0.0420. The van der Waals surface area contributed by atoms with Gasteiger partial charge in [-0.25, -0.2) is 0 Å². The molecule has 0 radical (unpaired) electrons. The van der Waals surface area contributed by atoms with E-state index in [4.69, 9.17) is 5.11 Å². The van der Waals surface area contributed by atoms with Crippen LogP contribution in [-0.4, -0.2) is 37.9 Å². The zero-order chi connectivity index (χ0) is 8.65. The number of aliphatic hydroxyl groups is 1. The molecule has 2 saturated heterocycles. The van der Waals surface area contributed by atoms with Gasteiger partial charge in [-0.2, -0.15) is 0 Å². The Bertz CT molecular complexity index is 86.4. The molecule has 2 fully saturated rings. The van der Waals surface area contributed by atoms with Crippen molar-refractivity contribution in [1.82, 2.24) is 10.6 Å². The third kappa shape index (κ3) is 4.04. The van der Waals surface area contributed by atoms with Gasteiger partial charge in [0.15, 0.2) is 0 Å². The topological polar surface area (TPSA) is 44.3 Å². The summed E-state index contributed by atoms with van der Waals surface area (Å²) >= 11 is 0. The third-order valence-electron chi connectivity index (χ3n) is 2.33. The smallest absolute Gasteiger partial charge is 0.0483 e. The molecule has 0 saturated carbocycles. The molecule has 0 atom stereocenters. The van der Waals surface area contributed by atoms with Crippen molar-refractivity contribution >= 4 is 0 Å². The fraction of sp³-hybridized carbons (Fsp3) is 1.00. The van der Waals surface area contributed by atoms with Gasteiger partial charge in [-0.3, -0.25) is 0 Å². The monoisotopic (exact) mass is 172 g/mol. The van der Waals surface area contributed by atoms with E-state index in [1.165, 1.54) is 32.4 Å². The average Bonchev–Trinajstić information content (AvgIpc) is 2.07. The summed E-state index contributed by atoms with van der Waals surface area (Å²) in [5, 5.41) is 14.7. The SMILES string of the molecule is C1CCNCC1.OCC1CNC1. The lowest BCUT2D eigenvalue weighted by atomic mass is 10.1. The first-order valence-corrected chi connectivity index (χ1v) is 4.96. The molecule has 2 heterocycles. The summed E-state index contributed by atoms with van der Waals surface area (Å²) in [7, 11) is 0. The molecule has 2 rings (SSSR count). The van der Waals surface area contributed by atoms with Crippen molar-refractivity contribution in [3.63, 3.8) is 0 Å². The standard InChI is InChI=1S/C5H11N.C4H9NO/c1-2-4-6-5-3-1;6-3-4-1-5-2-4/h6H,1-5H2;4-6H,1-3H2. The molecule has 0 aliphatic carbocycles. The second kappa shape index (κ2) is 6.40. The quantitative estimate of drug-likeness (QED) is 0.520. The Morgan fingerprint density at radius 1 is 1.00 bits per heavy atom. The van der Waals surface area contributed by atoms with E-state index in [1.54, 1.807) is 0 Å². The Balaban J connectivity index is 0.000000120. The van der Waals surface area contributed by atoms with E-state index in [0.717, 1.165) is 13.1 Å². The van der Waals surface area contributed by atoms with E-state index in [9.17, 15) is 0 Å². The van der Waals surface area contributed by atoms with Crippen molar-refractivity contribution in [3.05, 3.63) is 0 Å². The lowest BCUT2D eigenvalue weighted by molar-refractivity contribution is 0.180. The number of aliphatic hydroxyl groups excluding tert-OH is 1. The summed E-state index contributed by atoms with van der Waals surface area (Å²) < 4.78 is 0. The molecule has 3 N–H and O–H groups in total. The maximum absolute atomic E-state index is 8.35. The zero-order valence-corrected chi connectivity index (χ0v) is 7.68. The van der Waals surface area contributed by atoms with Gasteiger partial charge in [-0.05, 0) is 25.9 Å². The highest BCUT2D eigenvalue weighted by molar-refractivity contribution is 4.72. The molecule has 72 valence electrons. The van der Waals surface area contributed by atoms with E-state index in [1.807, 2.05) is 0 Å². The minimum absolute atomic E-state index is 0.354. The minimum Gasteiger partial charge on any atom is -0.396 e. The fourth-order valence-electron chi connectivity index (χ4n) is 1.28. The number of hydrogen-bond donors (Lipinski definition) is 3. The largest absolute Gasteiger partial charge is 0.396 e. The molecule has 12 heavy (non-hydrogen) atoms. The van der Waals surface area contributed by atoms with Gasteiger partial charge in [0.1, 0.15) is 0 Å². The molecule has 3 nitrogen and oxygen atoms in total. The molecule has 0 amide bonds. The van der Waals surface area contributed by atoms with Crippen LogP contribution in [0.1, 0.15) is 19.3 Å². The van der Waals surface area contributed by atoms with Crippen LogP contribution in [0.3, 0.4) is 0 Å². The van der Waals surface area contributed by atoms with Crippen molar-refractivity contribution in [2.24, 2.45) is 5.92 Å². The van der Waals surface area contributed by atoms with E-state index in [0.29, 0.717) is 12.5 Å². The highest BCUT2D eigenvalue weighted by Gasteiger charge is 2.13. The summed E-state index contributed by atoms with van der Waals surface area (Å²) in [5.41, 5.74) is 0. The van der Waals surface area contributed by atoms with Crippen molar-refractivity contribution < 1.29 is 5.11 Å². The van der Waals surface area contributed by atoms with E-state index in [-0.39, 0.29) is 0 Å². The number of rotatable bonds is 1. The molecular formula is C9H20N2O. The maximum Gasteiger partial charge on any atom is 0.0483 e. The molecule has 0 spiro atoms. The first-order valence-electron chi connectivity index (χ1n) is 4.96. The van der Waals surface area contributed by atoms with Gasteiger partial charge in [0.25, 0.3) is 0 Å². The van der Waals surface area contributed by atoms with Gasteiger partial charge in [-0.15, -0.1) is 0 Å². The highest BCUT2D eigenvalue weighted by atomic mass is 16.3. The Hall–Kier alpha value is -0.120. The highest BCUT2D eigenvalue weighted by Crippen LogP contribution is 1.98. The molecule has 3 heteroatoms. The Morgan fingerprint density at radius 3 is 1.75 bits per heavy atom. The molecule has 0 bridgehead atoms. The van der Waals surface area contributed by atoms with Crippen molar-refractivity contribution in [2.75, 3.05) is 32.8 Å². The van der Waals surface area contributed by atoms with Crippen molar-refractivity contribution in [1.29, 1.82) is 0 Å². The zero-order valence-electron chi connectivity index (χ0n) is 7.68. The van der Waals surface area contributed by atoms with Crippen LogP contribution in [0.25, 0.3) is 0 Å². The first-order chi connectivity index (χ1) is 5.93. The Labute approximate surface area is 74.5 Å². The minimum atomic E-state index is 0.354. The van der Waals surface area contributed by atoms with Crippen molar-refractivity contribution in [3.8, 4) is 0 Å². The van der Waals surface area contributed by atoms with Crippen LogP contribution < -0.4 is 10.6 Å². The Morgan fingerprint density at radius 2 is 1.67 bits per heavy atom. The van der Waals surface area contributed by atoms with Gasteiger partial charge in [0.2, 0.25) is 0 Å². The van der Waals surface area contributed by atoms with Crippen LogP contribution in [0.15, 0.2) is 0 Å². The van der Waals surface area contributed by atoms with Gasteiger partial charge in [0.05, 0.1) is 0 Å². The molecular weight excluding hydrogens is 152 g/mol. The predicted molar refractivity (Wildman–Crippen MR) is 50.2 cm³/mol. The van der Waals surface area contributed by atoms with Gasteiger partial charge >= 0.3 is 0 Å². The van der Waals surface area contributed by atoms with Gasteiger partial charge in [0, 0.05) is 25.6 Å². The van der Waals surface area contributed by atoms with Crippen LogP contribution in [0.4, 0.5) is 0 Å². The van der Waals surface area contributed by atoms with Crippen LogP contribution >= 0.6 is 0 Å². The Kier molecular flexibility index (Phi) is 5.32. The third-order valence-corrected chi connectivity index (χ3v) is 2.33. The summed E-state index contributed by atoms with van der Waals surface area (Å²) in [4.78, 5) is 0. The molecule has 2 aliphatic heterocycles. The maximum atomic E-state index is 8.35. The second-order valence-corrected chi connectivity index (χ2v) is 3.52. The first kappa shape index (κ1) is 9.96. The van der Waals surface area contributed by atoms with Gasteiger partial charge in [-0.1, -0.05) is 6.42 Å². The van der Waals surface area contributed by atoms with Gasteiger partial charge < -0.3 is 15.7 Å². The van der Waals surface area contributed by atoms with E-state index >= 15 is 0 Å². The summed E-state index contributed by atoms with van der Waals surface area (Å²) in [6, 6.07) is 0. The number of piperidine rings is 1. The number of nitrogens with one attached hydrogen (secondary N) is 2. The van der Waals surface area contributed by atoms with Crippen LogP contribution in [-0.2, 0) is 0 Å². The van der Waals surface area contributed by atoms with Crippen LogP contribution in [0.5, 0.6) is 0 Å². The molecule has 0 aromatic rings. The summed E-state index contributed by atoms with van der Waals surface area (Å²) in [6.07, 6.45) is 4.22. The average molecular weight is 172 g/mol. The lowest BCUT2D eigenvalue weighted by Crippen LogP contribution is -2.43. The summed E-state index contributed by atoms with van der Waals surface area (Å²) in [6.45, 7) is 4.88. The van der Waals surface area contributed by atoms with Crippen LogP contribution in [0, 0.1) is 5.92 Å². The summed E-state index contributed by atoms with van der Waals surface area (Å²) in [5.74, 6) is 0.560. The van der Waals surface area contributed by atoms with E-state index in [2.05, 4.69) is 10.6 Å². The second-order valence-electron chi connectivity index (χ2n) is 3.52. The molecule has 0 aromatic carbocycles. The molecule has 0 unspecified atom stereocenters. The lowest BCUT2D eigenvalue weighted by Gasteiger charge is -2.24. The van der Waals surface area contributed by atoms with Crippen LogP contribution in [0.2, 0.25) is 0 Å². The number of hydrogen-bond acceptors (Lipinski definition) is 3. The fourth-order valence-corrected chi connectivity index (χ4v) is 1.28. The van der Waals surface area contributed by atoms with E-state index < -0.39 is 0 Å². The normalized spacial score (nSPS) is 23.8. The molecule has 0 aromatic heterocycles. The van der Waals surface area contributed by atoms with Crippen molar-refractivity contribution in [2.45, 2.75) is 19.3 Å². The molecule has 2 aliphatic rings.